The second kappa shape index (κ2) is 8.91. The zero-order valence-corrected chi connectivity index (χ0v) is 20.5. The van der Waals surface area contributed by atoms with Gasteiger partial charge in [-0.05, 0) is 68.2 Å². The van der Waals surface area contributed by atoms with Crippen LogP contribution in [0.4, 0.5) is 0 Å². The van der Waals surface area contributed by atoms with Gasteiger partial charge in [-0.3, -0.25) is 9.59 Å². The summed E-state index contributed by atoms with van der Waals surface area (Å²) < 4.78 is 11.1. The Bertz CT molecular complexity index is 1200. The molecule has 1 amide bonds. The zero-order valence-electron chi connectivity index (χ0n) is 19.7. The van der Waals surface area contributed by atoms with Gasteiger partial charge in [0.05, 0.1) is 18.6 Å². The Labute approximate surface area is 204 Å². The molecule has 0 unspecified atom stereocenters. The van der Waals surface area contributed by atoms with Crippen molar-refractivity contribution in [2.45, 2.75) is 45.6 Å². The van der Waals surface area contributed by atoms with E-state index in [2.05, 4.69) is 17.4 Å². The van der Waals surface area contributed by atoms with Crippen LogP contribution in [0.15, 0.2) is 54.6 Å². The van der Waals surface area contributed by atoms with Crippen molar-refractivity contribution in [1.29, 1.82) is 0 Å². The maximum absolute atomic E-state index is 13.2. The number of rotatable bonds is 6. The second-order valence-electron chi connectivity index (χ2n) is 9.62. The number of nitrogens with one attached hydrogen (secondary N) is 1. The SMILES string of the molecule is COC(=O)C1CC2(CC(NC(=O)c3c(C)sc(C)c3Oc3ccc(-c4ccccc4)cc3)C2)C1. The Morgan fingerprint density at radius 2 is 1.56 bits per heavy atom. The van der Waals surface area contributed by atoms with E-state index < -0.39 is 0 Å². The molecular formula is C28H29NO4S. The van der Waals surface area contributed by atoms with Gasteiger partial charge < -0.3 is 14.8 Å². The predicted octanol–water partition coefficient (Wildman–Crippen LogP) is 6.29. The van der Waals surface area contributed by atoms with Crippen LogP contribution >= 0.6 is 11.3 Å². The molecule has 0 radical (unpaired) electrons. The number of hydrogen-bond acceptors (Lipinski definition) is 5. The number of methoxy groups -OCH3 is 1. The molecule has 1 N–H and O–H groups in total. The molecule has 0 atom stereocenters. The Hall–Kier alpha value is -3.12. The van der Waals surface area contributed by atoms with Crippen molar-refractivity contribution in [3.8, 4) is 22.6 Å². The lowest BCUT2D eigenvalue weighted by Gasteiger charge is -2.56. The first-order chi connectivity index (χ1) is 16.4. The second-order valence-corrected chi connectivity index (χ2v) is 11.0. The van der Waals surface area contributed by atoms with Gasteiger partial charge in [0.2, 0.25) is 0 Å². The molecule has 2 saturated carbocycles. The lowest BCUT2D eigenvalue weighted by molar-refractivity contribution is -0.159. The van der Waals surface area contributed by atoms with Crippen LogP contribution in [0, 0.1) is 25.2 Å². The highest BCUT2D eigenvalue weighted by Gasteiger charge is 2.55. The van der Waals surface area contributed by atoms with Crippen LogP contribution in [0.2, 0.25) is 0 Å². The lowest BCUT2D eigenvalue weighted by atomic mass is 9.50. The van der Waals surface area contributed by atoms with Crippen molar-refractivity contribution < 1.29 is 19.1 Å². The van der Waals surface area contributed by atoms with E-state index in [0.717, 1.165) is 46.6 Å². The summed E-state index contributed by atoms with van der Waals surface area (Å²) in [6.45, 7) is 3.95. The number of ether oxygens (including phenoxy) is 2. The zero-order chi connectivity index (χ0) is 23.9. The van der Waals surface area contributed by atoms with Crippen LogP contribution in [0.3, 0.4) is 0 Å². The monoisotopic (exact) mass is 475 g/mol. The molecule has 2 fully saturated rings. The Morgan fingerprint density at radius 3 is 2.21 bits per heavy atom. The topological polar surface area (TPSA) is 64.6 Å². The first kappa shape index (κ1) is 22.7. The van der Waals surface area contributed by atoms with Crippen LogP contribution in [0.5, 0.6) is 11.5 Å². The lowest BCUT2D eigenvalue weighted by Crippen LogP contribution is -2.57. The molecule has 2 aliphatic rings. The number of carbonyl (C=O) groups excluding carboxylic acids is 2. The fourth-order valence-corrected chi connectivity index (χ4v) is 6.49. The third-order valence-electron chi connectivity index (χ3n) is 7.20. The number of thiophene rings is 1. The van der Waals surface area contributed by atoms with Gasteiger partial charge in [-0.25, -0.2) is 0 Å². The van der Waals surface area contributed by atoms with Gasteiger partial charge in [-0.2, -0.15) is 0 Å². The molecule has 5 nitrogen and oxygen atoms in total. The highest BCUT2D eigenvalue weighted by molar-refractivity contribution is 7.12. The van der Waals surface area contributed by atoms with Crippen LogP contribution < -0.4 is 10.1 Å². The van der Waals surface area contributed by atoms with E-state index in [1.165, 1.54) is 7.11 Å². The van der Waals surface area contributed by atoms with E-state index >= 15 is 0 Å². The first-order valence-electron chi connectivity index (χ1n) is 11.7. The molecule has 2 aliphatic carbocycles. The van der Waals surface area contributed by atoms with E-state index in [-0.39, 0.29) is 29.3 Å². The van der Waals surface area contributed by atoms with Crippen molar-refractivity contribution in [2.24, 2.45) is 11.3 Å². The highest BCUT2D eigenvalue weighted by Crippen LogP contribution is 2.59. The summed E-state index contributed by atoms with van der Waals surface area (Å²) in [4.78, 5) is 26.8. The average Bonchev–Trinajstić information content (AvgIpc) is 3.07. The van der Waals surface area contributed by atoms with E-state index in [1.54, 1.807) is 11.3 Å². The maximum Gasteiger partial charge on any atom is 0.308 e. The van der Waals surface area contributed by atoms with Crippen molar-refractivity contribution in [1.82, 2.24) is 5.32 Å². The minimum absolute atomic E-state index is 0.0247. The minimum atomic E-state index is -0.110. The van der Waals surface area contributed by atoms with Gasteiger partial charge in [-0.15, -0.1) is 11.3 Å². The van der Waals surface area contributed by atoms with Gasteiger partial charge in [0.25, 0.3) is 5.91 Å². The molecule has 3 aromatic rings. The smallest absolute Gasteiger partial charge is 0.308 e. The van der Waals surface area contributed by atoms with Crippen molar-refractivity contribution in [3.05, 3.63) is 69.9 Å². The standard InChI is InChI=1S/C28H29NO4S/c1-17-24(26(30)29-22-15-28(16-22)13-21(14-28)27(31)32-3)25(18(2)34-17)33-23-11-9-20(10-12-23)19-7-5-4-6-8-19/h4-12,21-22H,13-16H2,1-3H3,(H,29,30). The summed E-state index contributed by atoms with van der Waals surface area (Å²) in [5.74, 6) is 1.18. The van der Waals surface area contributed by atoms with E-state index in [0.29, 0.717) is 17.1 Å². The fraction of sp³-hybridized carbons (Fsp3) is 0.357. The average molecular weight is 476 g/mol. The fourth-order valence-electron chi connectivity index (χ4n) is 5.51. The molecule has 2 aromatic carbocycles. The number of amides is 1. The van der Waals surface area contributed by atoms with Gasteiger partial charge in [0, 0.05) is 15.8 Å². The summed E-state index contributed by atoms with van der Waals surface area (Å²) in [5.41, 5.74) is 3.10. The summed E-state index contributed by atoms with van der Waals surface area (Å²) in [5, 5.41) is 3.20. The number of benzene rings is 2. The molecule has 0 aliphatic heterocycles. The van der Waals surface area contributed by atoms with Crippen LogP contribution in [0.25, 0.3) is 11.1 Å². The molecule has 0 bridgehead atoms. The first-order valence-corrected chi connectivity index (χ1v) is 12.5. The van der Waals surface area contributed by atoms with Gasteiger partial charge >= 0.3 is 5.97 Å². The third kappa shape index (κ3) is 4.23. The van der Waals surface area contributed by atoms with E-state index in [9.17, 15) is 9.59 Å². The molecule has 5 rings (SSSR count). The molecular weight excluding hydrogens is 446 g/mol. The van der Waals surface area contributed by atoms with Crippen LogP contribution in [-0.2, 0) is 9.53 Å². The largest absolute Gasteiger partial charge is 0.469 e. The normalized spacial score (nSPS) is 23.0. The Morgan fingerprint density at radius 1 is 0.912 bits per heavy atom. The Kier molecular flexibility index (Phi) is 5.94. The van der Waals surface area contributed by atoms with Crippen molar-refractivity contribution in [3.63, 3.8) is 0 Å². The number of hydrogen-bond donors (Lipinski definition) is 1. The molecule has 6 heteroatoms. The molecule has 1 spiro atoms. The van der Waals surface area contributed by atoms with Gasteiger partial charge in [0.1, 0.15) is 5.75 Å². The minimum Gasteiger partial charge on any atom is -0.469 e. The maximum atomic E-state index is 13.2. The van der Waals surface area contributed by atoms with Crippen molar-refractivity contribution in [2.75, 3.05) is 7.11 Å². The van der Waals surface area contributed by atoms with E-state index in [1.807, 2.05) is 56.3 Å². The Balaban J connectivity index is 1.24. The van der Waals surface area contributed by atoms with Crippen LogP contribution in [0.1, 0.15) is 45.8 Å². The summed E-state index contributed by atoms with van der Waals surface area (Å²) in [7, 11) is 1.44. The van der Waals surface area contributed by atoms with E-state index in [4.69, 9.17) is 9.47 Å². The molecule has 0 saturated heterocycles. The molecule has 1 aromatic heterocycles. The van der Waals surface area contributed by atoms with Gasteiger partial charge in [0.15, 0.2) is 5.75 Å². The number of aryl methyl sites for hydroxylation is 2. The summed E-state index contributed by atoms with van der Waals surface area (Å²) >= 11 is 1.58. The van der Waals surface area contributed by atoms with Crippen LogP contribution in [-0.4, -0.2) is 25.0 Å². The van der Waals surface area contributed by atoms with Gasteiger partial charge in [-0.1, -0.05) is 42.5 Å². The molecule has 1 heterocycles. The molecule has 176 valence electrons. The molecule has 34 heavy (non-hydrogen) atoms. The quantitative estimate of drug-likeness (QED) is 0.426. The highest BCUT2D eigenvalue weighted by atomic mass is 32.1. The third-order valence-corrected chi connectivity index (χ3v) is 8.20. The number of esters is 1. The van der Waals surface area contributed by atoms with Crippen molar-refractivity contribution >= 4 is 23.2 Å². The summed E-state index contributed by atoms with van der Waals surface area (Å²) in [6, 6.07) is 18.3. The predicted molar refractivity (Wildman–Crippen MR) is 133 cm³/mol. The number of carbonyl (C=O) groups is 2. The summed E-state index contributed by atoms with van der Waals surface area (Å²) in [6.07, 6.45) is 3.59.